The quantitative estimate of drug-likeness (QED) is 0.810. The zero-order chi connectivity index (χ0) is 15.6. The number of sulfonamides is 1. The van der Waals surface area contributed by atoms with Crippen LogP contribution in [0.25, 0.3) is 0 Å². The van der Waals surface area contributed by atoms with Crippen LogP contribution >= 0.6 is 11.6 Å². The highest BCUT2D eigenvalue weighted by molar-refractivity contribution is 7.88. The first-order valence-corrected chi connectivity index (χ1v) is 8.85. The smallest absolute Gasteiger partial charge is 0.255 e. The van der Waals surface area contributed by atoms with Gasteiger partial charge in [-0.1, -0.05) is 11.6 Å². The summed E-state index contributed by atoms with van der Waals surface area (Å²) in [6, 6.07) is 4.68. The molecule has 116 valence electrons. The lowest BCUT2D eigenvalue weighted by Crippen LogP contribution is -2.46. The molecule has 6 nitrogen and oxygen atoms in total. The van der Waals surface area contributed by atoms with Gasteiger partial charge in [-0.25, -0.2) is 13.1 Å². The van der Waals surface area contributed by atoms with Gasteiger partial charge >= 0.3 is 0 Å². The van der Waals surface area contributed by atoms with Gasteiger partial charge in [0.15, 0.2) is 0 Å². The Morgan fingerprint density at radius 3 is 2.52 bits per heavy atom. The Morgan fingerprint density at radius 1 is 1.38 bits per heavy atom. The molecule has 1 fully saturated rings. The number of likely N-dealkylation sites (tertiary alicyclic amines) is 1. The Morgan fingerprint density at radius 2 is 2.00 bits per heavy atom. The van der Waals surface area contributed by atoms with Gasteiger partial charge in [-0.15, -0.1) is 0 Å². The van der Waals surface area contributed by atoms with E-state index in [0.29, 0.717) is 42.2 Å². The Hall–Kier alpha value is -1.31. The van der Waals surface area contributed by atoms with Gasteiger partial charge in [-0.3, -0.25) is 4.79 Å². The highest BCUT2D eigenvalue weighted by Gasteiger charge is 2.26. The van der Waals surface area contributed by atoms with Gasteiger partial charge < -0.3 is 10.6 Å². The number of carbonyl (C=O) groups is 1. The van der Waals surface area contributed by atoms with Crippen LogP contribution in [-0.4, -0.2) is 44.6 Å². The number of carbonyl (C=O) groups excluding carboxylic acids is 1. The van der Waals surface area contributed by atoms with Crippen molar-refractivity contribution in [2.75, 3.05) is 25.1 Å². The first-order chi connectivity index (χ1) is 9.76. The fourth-order valence-corrected chi connectivity index (χ4v) is 3.49. The van der Waals surface area contributed by atoms with Crippen LogP contribution in [0.3, 0.4) is 0 Å². The van der Waals surface area contributed by atoms with Crippen LogP contribution in [0.4, 0.5) is 5.69 Å². The van der Waals surface area contributed by atoms with Crippen molar-refractivity contribution >= 4 is 33.2 Å². The van der Waals surface area contributed by atoms with Crippen LogP contribution in [0.1, 0.15) is 23.2 Å². The third-order valence-electron chi connectivity index (χ3n) is 3.39. The second-order valence-electron chi connectivity index (χ2n) is 5.20. The SMILES string of the molecule is CS(=O)(=O)NC1CCN(C(=O)c2ccc(N)cc2Cl)CC1. The molecule has 0 unspecified atom stereocenters. The predicted octanol–water partition coefficient (Wildman–Crippen LogP) is 1.08. The minimum Gasteiger partial charge on any atom is -0.399 e. The van der Waals surface area contributed by atoms with Gasteiger partial charge in [0.1, 0.15) is 0 Å². The van der Waals surface area contributed by atoms with Crippen molar-refractivity contribution < 1.29 is 13.2 Å². The van der Waals surface area contributed by atoms with Gasteiger partial charge in [-0.2, -0.15) is 0 Å². The van der Waals surface area contributed by atoms with Gasteiger partial charge in [0.25, 0.3) is 5.91 Å². The second-order valence-corrected chi connectivity index (χ2v) is 7.38. The average molecular weight is 332 g/mol. The summed E-state index contributed by atoms with van der Waals surface area (Å²) in [7, 11) is -3.21. The summed E-state index contributed by atoms with van der Waals surface area (Å²) in [6.45, 7) is 0.986. The fraction of sp³-hybridized carbons (Fsp3) is 0.462. The number of amides is 1. The van der Waals surface area contributed by atoms with Gasteiger partial charge in [0.05, 0.1) is 16.8 Å². The highest BCUT2D eigenvalue weighted by atomic mass is 35.5. The summed E-state index contributed by atoms with van der Waals surface area (Å²) < 4.78 is 25.0. The highest BCUT2D eigenvalue weighted by Crippen LogP contribution is 2.22. The molecule has 0 saturated carbocycles. The molecule has 1 aromatic rings. The molecule has 0 spiro atoms. The van der Waals surface area contributed by atoms with E-state index in [1.54, 1.807) is 23.1 Å². The Labute approximate surface area is 129 Å². The van der Waals surface area contributed by atoms with E-state index in [9.17, 15) is 13.2 Å². The number of anilines is 1. The number of benzene rings is 1. The van der Waals surface area contributed by atoms with E-state index in [1.165, 1.54) is 0 Å². The lowest BCUT2D eigenvalue weighted by atomic mass is 10.0. The number of nitrogen functional groups attached to an aromatic ring is 1. The van der Waals surface area contributed by atoms with Crippen LogP contribution in [0.15, 0.2) is 18.2 Å². The number of hydrogen-bond donors (Lipinski definition) is 2. The van der Waals surface area contributed by atoms with E-state index < -0.39 is 10.0 Å². The van der Waals surface area contributed by atoms with Crippen molar-refractivity contribution in [1.82, 2.24) is 9.62 Å². The van der Waals surface area contributed by atoms with E-state index >= 15 is 0 Å². The fourth-order valence-electron chi connectivity index (χ4n) is 2.38. The molecule has 8 heteroatoms. The second kappa shape index (κ2) is 6.21. The molecule has 0 radical (unpaired) electrons. The van der Waals surface area contributed by atoms with Gasteiger partial charge in [0.2, 0.25) is 10.0 Å². The molecular formula is C13H18ClN3O3S. The third-order valence-corrected chi connectivity index (χ3v) is 4.46. The van der Waals surface area contributed by atoms with Crippen molar-refractivity contribution in [1.29, 1.82) is 0 Å². The van der Waals surface area contributed by atoms with Crippen LogP contribution in [-0.2, 0) is 10.0 Å². The number of rotatable bonds is 3. The number of nitrogens with two attached hydrogens (primary N) is 1. The number of halogens is 1. The molecule has 0 aliphatic carbocycles. The van der Waals surface area contributed by atoms with Crippen molar-refractivity contribution in [3.05, 3.63) is 28.8 Å². The predicted molar refractivity (Wildman–Crippen MR) is 82.8 cm³/mol. The zero-order valence-electron chi connectivity index (χ0n) is 11.7. The van der Waals surface area contributed by atoms with E-state index in [4.69, 9.17) is 17.3 Å². The van der Waals surface area contributed by atoms with Crippen LogP contribution in [0.5, 0.6) is 0 Å². The molecule has 1 saturated heterocycles. The first-order valence-electron chi connectivity index (χ1n) is 6.58. The Kier molecular flexibility index (Phi) is 4.75. The molecule has 21 heavy (non-hydrogen) atoms. The molecule has 2 rings (SSSR count). The van der Waals surface area contributed by atoms with Crippen molar-refractivity contribution in [2.45, 2.75) is 18.9 Å². The van der Waals surface area contributed by atoms with Crippen molar-refractivity contribution in [3.8, 4) is 0 Å². The minimum absolute atomic E-state index is 0.120. The van der Waals surface area contributed by atoms with E-state index in [-0.39, 0.29) is 11.9 Å². The molecule has 1 aliphatic heterocycles. The number of hydrogen-bond acceptors (Lipinski definition) is 4. The van der Waals surface area contributed by atoms with E-state index in [0.717, 1.165) is 6.26 Å². The van der Waals surface area contributed by atoms with Gasteiger partial charge in [-0.05, 0) is 31.0 Å². The maximum absolute atomic E-state index is 12.4. The van der Waals surface area contributed by atoms with Gasteiger partial charge in [0, 0.05) is 24.8 Å². The van der Waals surface area contributed by atoms with Crippen LogP contribution < -0.4 is 10.5 Å². The maximum atomic E-state index is 12.4. The lowest BCUT2D eigenvalue weighted by Gasteiger charge is -2.32. The third kappa shape index (κ3) is 4.33. The maximum Gasteiger partial charge on any atom is 0.255 e. The molecule has 1 aliphatic rings. The zero-order valence-corrected chi connectivity index (χ0v) is 13.2. The summed E-state index contributed by atoms with van der Waals surface area (Å²) in [5.74, 6) is -0.155. The van der Waals surface area contributed by atoms with Crippen molar-refractivity contribution in [3.63, 3.8) is 0 Å². The van der Waals surface area contributed by atoms with Crippen LogP contribution in [0.2, 0.25) is 5.02 Å². The molecule has 0 bridgehead atoms. The van der Waals surface area contributed by atoms with Crippen molar-refractivity contribution in [2.24, 2.45) is 0 Å². The normalized spacial score (nSPS) is 17.0. The Bertz CT molecular complexity index is 640. The molecule has 1 aromatic carbocycles. The van der Waals surface area contributed by atoms with Crippen LogP contribution in [0, 0.1) is 0 Å². The molecule has 1 amide bonds. The minimum atomic E-state index is -3.21. The number of nitrogens with one attached hydrogen (secondary N) is 1. The Balaban J connectivity index is 2.00. The molecule has 0 atom stereocenters. The van der Waals surface area contributed by atoms with E-state index in [1.807, 2.05) is 0 Å². The largest absolute Gasteiger partial charge is 0.399 e. The molecule has 3 N–H and O–H groups in total. The molecular weight excluding hydrogens is 314 g/mol. The topological polar surface area (TPSA) is 92.5 Å². The summed E-state index contributed by atoms with van der Waals surface area (Å²) in [6.07, 6.45) is 2.31. The molecule has 1 heterocycles. The number of piperidine rings is 1. The summed E-state index contributed by atoms with van der Waals surface area (Å²) >= 11 is 6.04. The monoisotopic (exact) mass is 331 g/mol. The summed E-state index contributed by atoms with van der Waals surface area (Å²) in [5, 5.41) is 0.330. The summed E-state index contributed by atoms with van der Waals surface area (Å²) in [5.41, 5.74) is 6.53. The lowest BCUT2D eigenvalue weighted by molar-refractivity contribution is 0.0711. The first kappa shape index (κ1) is 16.1. The number of nitrogens with zero attached hydrogens (tertiary/aromatic N) is 1. The summed E-state index contributed by atoms with van der Waals surface area (Å²) in [4.78, 5) is 14.1. The average Bonchev–Trinajstić information content (AvgIpc) is 2.37. The van der Waals surface area contributed by atoms with E-state index in [2.05, 4.69) is 4.72 Å². The molecule has 0 aromatic heterocycles. The standard InChI is InChI=1S/C13H18ClN3O3S/c1-21(19,20)16-10-4-6-17(7-5-10)13(18)11-3-2-9(15)8-12(11)14/h2-3,8,10,16H,4-7,15H2,1H3.